The zero-order valence-electron chi connectivity index (χ0n) is 10.2. The van der Waals surface area contributed by atoms with Gasteiger partial charge in [-0.1, -0.05) is 0 Å². The molecule has 0 saturated heterocycles. The van der Waals surface area contributed by atoms with Crippen LogP contribution in [0.4, 0.5) is 4.79 Å². The van der Waals surface area contributed by atoms with Crippen molar-refractivity contribution in [2.45, 2.75) is 39.2 Å². The smallest absolute Gasteiger partial charge is 0.463 e. The molecule has 0 amide bonds. The zero-order valence-corrected chi connectivity index (χ0v) is 10.2. The molecule has 0 N–H and O–H groups in total. The van der Waals surface area contributed by atoms with Crippen LogP contribution < -0.4 is 0 Å². The monoisotopic (exact) mass is 242 g/mol. The molecule has 0 fully saturated rings. The Morgan fingerprint density at radius 2 is 2.00 bits per heavy atom. The maximum atomic E-state index is 11.5. The van der Waals surface area contributed by atoms with Crippen LogP contribution in [-0.4, -0.2) is 31.4 Å². The van der Waals surface area contributed by atoms with Crippen molar-refractivity contribution in [2.75, 3.05) is 13.2 Å². The van der Waals surface area contributed by atoms with Crippen LogP contribution in [0.3, 0.4) is 0 Å². The Labute approximate surface area is 101 Å². The van der Waals surface area contributed by atoms with Crippen molar-refractivity contribution in [1.82, 2.24) is 0 Å². The van der Waals surface area contributed by atoms with E-state index < -0.39 is 6.16 Å². The molecule has 0 radical (unpaired) electrons. The molecule has 96 valence electrons. The van der Waals surface area contributed by atoms with Crippen LogP contribution in [0, 0.1) is 0 Å². The minimum Gasteiger partial charge on any atom is -0.463 e. The van der Waals surface area contributed by atoms with Gasteiger partial charge in [0.1, 0.15) is 6.10 Å². The standard InChI is InChI=1S/C12H18O5/c1-3-15-11(13)9-6-5-7-10(8-9)17-12(14)16-4-2/h8,10H,3-7H2,1-2H3. The van der Waals surface area contributed by atoms with Gasteiger partial charge >= 0.3 is 12.1 Å². The molecular weight excluding hydrogens is 224 g/mol. The normalized spacial score (nSPS) is 19.2. The molecule has 0 saturated carbocycles. The molecule has 1 atom stereocenters. The van der Waals surface area contributed by atoms with Gasteiger partial charge in [0.15, 0.2) is 0 Å². The predicted octanol–water partition coefficient (Wildman–Crippen LogP) is 2.20. The molecule has 0 aliphatic heterocycles. The highest BCUT2D eigenvalue weighted by Gasteiger charge is 2.22. The molecule has 0 bridgehead atoms. The number of esters is 1. The quantitative estimate of drug-likeness (QED) is 0.707. The van der Waals surface area contributed by atoms with E-state index >= 15 is 0 Å². The topological polar surface area (TPSA) is 61.8 Å². The second-order valence-corrected chi connectivity index (χ2v) is 3.64. The molecule has 0 spiro atoms. The van der Waals surface area contributed by atoms with E-state index in [0.717, 1.165) is 6.42 Å². The van der Waals surface area contributed by atoms with E-state index in [0.29, 0.717) is 25.0 Å². The second kappa shape index (κ2) is 6.93. The van der Waals surface area contributed by atoms with Gasteiger partial charge in [-0.2, -0.15) is 0 Å². The van der Waals surface area contributed by atoms with Crippen molar-refractivity contribution in [3.05, 3.63) is 11.6 Å². The summed E-state index contributed by atoms with van der Waals surface area (Å²) >= 11 is 0. The van der Waals surface area contributed by atoms with Gasteiger partial charge in [-0.05, 0) is 39.2 Å². The molecule has 1 rings (SSSR count). The molecule has 1 aliphatic carbocycles. The number of hydrogen-bond donors (Lipinski definition) is 0. The molecule has 0 aromatic heterocycles. The third-order valence-corrected chi connectivity index (χ3v) is 2.37. The van der Waals surface area contributed by atoms with Gasteiger partial charge in [-0.15, -0.1) is 0 Å². The zero-order chi connectivity index (χ0) is 12.7. The third-order valence-electron chi connectivity index (χ3n) is 2.37. The summed E-state index contributed by atoms with van der Waals surface area (Å²) in [5, 5.41) is 0. The van der Waals surface area contributed by atoms with Crippen molar-refractivity contribution in [2.24, 2.45) is 0 Å². The Balaban J connectivity index is 2.54. The largest absolute Gasteiger partial charge is 0.508 e. The summed E-state index contributed by atoms with van der Waals surface area (Å²) in [6.07, 6.45) is 2.75. The molecular formula is C12H18O5. The average molecular weight is 242 g/mol. The van der Waals surface area contributed by atoms with E-state index in [-0.39, 0.29) is 18.7 Å². The maximum absolute atomic E-state index is 11.5. The molecule has 0 aromatic carbocycles. The first kappa shape index (κ1) is 13.5. The first-order chi connectivity index (χ1) is 8.17. The third kappa shape index (κ3) is 4.46. The van der Waals surface area contributed by atoms with Gasteiger partial charge in [-0.3, -0.25) is 0 Å². The van der Waals surface area contributed by atoms with Gasteiger partial charge in [0.25, 0.3) is 0 Å². The molecule has 17 heavy (non-hydrogen) atoms. The maximum Gasteiger partial charge on any atom is 0.508 e. The van der Waals surface area contributed by atoms with Crippen LogP contribution in [0.5, 0.6) is 0 Å². The van der Waals surface area contributed by atoms with Crippen molar-refractivity contribution in [3.63, 3.8) is 0 Å². The summed E-state index contributed by atoms with van der Waals surface area (Å²) in [5.41, 5.74) is 0.576. The fourth-order valence-electron chi connectivity index (χ4n) is 1.65. The molecule has 0 aromatic rings. The fourth-order valence-corrected chi connectivity index (χ4v) is 1.65. The Bertz CT molecular complexity index is 308. The molecule has 1 unspecified atom stereocenters. The lowest BCUT2D eigenvalue weighted by Crippen LogP contribution is -2.22. The fraction of sp³-hybridized carbons (Fsp3) is 0.667. The minimum absolute atomic E-state index is 0.278. The van der Waals surface area contributed by atoms with Crippen molar-refractivity contribution in [3.8, 4) is 0 Å². The van der Waals surface area contributed by atoms with Crippen LogP contribution in [0.25, 0.3) is 0 Å². The first-order valence-electron chi connectivity index (χ1n) is 5.88. The highest BCUT2D eigenvalue weighted by atomic mass is 16.7. The lowest BCUT2D eigenvalue weighted by molar-refractivity contribution is -0.138. The van der Waals surface area contributed by atoms with Gasteiger partial charge in [0.2, 0.25) is 0 Å². The number of carbonyl (C=O) groups is 2. The van der Waals surface area contributed by atoms with Crippen molar-refractivity contribution >= 4 is 12.1 Å². The minimum atomic E-state index is -0.696. The van der Waals surface area contributed by atoms with Crippen LogP contribution in [-0.2, 0) is 19.0 Å². The number of rotatable bonds is 4. The Morgan fingerprint density at radius 3 is 2.65 bits per heavy atom. The SMILES string of the molecule is CCOC(=O)OC1C=C(C(=O)OCC)CCC1. The molecule has 5 heteroatoms. The van der Waals surface area contributed by atoms with E-state index in [2.05, 4.69) is 4.74 Å². The van der Waals surface area contributed by atoms with Gasteiger partial charge in [-0.25, -0.2) is 9.59 Å². The molecule has 5 nitrogen and oxygen atoms in total. The number of hydrogen-bond acceptors (Lipinski definition) is 5. The lowest BCUT2D eigenvalue weighted by atomic mass is 9.97. The Hall–Kier alpha value is -1.52. The summed E-state index contributed by atoms with van der Waals surface area (Å²) in [7, 11) is 0. The van der Waals surface area contributed by atoms with Gasteiger partial charge < -0.3 is 14.2 Å². The van der Waals surface area contributed by atoms with Crippen LogP contribution in [0.2, 0.25) is 0 Å². The Morgan fingerprint density at radius 1 is 1.29 bits per heavy atom. The summed E-state index contributed by atoms with van der Waals surface area (Å²) in [5.74, 6) is -0.329. The van der Waals surface area contributed by atoms with Crippen molar-refractivity contribution < 1.29 is 23.8 Å². The summed E-state index contributed by atoms with van der Waals surface area (Å²) in [6, 6.07) is 0. The van der Waals surface area contributed by atoms with Crippen molar-refractivity contribution in [1.29, 1.82) is 0 Å². The highest BCUT2D eigenvalue weighted by molar-refractivity contribution is 5.88. The number of ether oxygens (including phenoxy) is 3. The lowest BCUT2D eigenvalue weighted by Gasteiger charge is -2.20. The summed E-state index contributed by atoms with van der Waals surface area (Å²) < 4.78 is 14.6. The van der Waals surface area contributed by atoms with E-state index in [1.54, 1.807) is 19.9 Å². The van der Waals surface area contributed by atoms with Gasteiger partial charge in [0, 0.05) is 5.57 Å². The first-order valence-corrected chi connectivity index (χ1v) is 5.88. The van der Waals surface area contributed by atoms with E-state index in [9.17, 15) is 9.59 Å². The summed E-state index contributed by atoms with van der Waals surface area (Å²) in [4.78, 5) is 22.6. The van der Waals surface area contributed by atoms with Crippen LogP contribution in [0.1, 0.15) is 33.1 Å². The summed E-state index contributed by atoms with van der Waals surface area (Å²) in [6.45, 7) is 4.09. The number of carbonyl (C=O) groups excluding carboxylic acids is 2. The van der Waals surface area contributed by atoms with Gasteiger partial charge in [0.05, 0.1) is 13.2 Å². The second-order valence-electron chi connectivity index (χ2n) is 3.64. The molecule has 1 aliphatic rings. The predicted molar refractivity (Wildman–Crippen MR) is 60.5 cm³/mol. The van der Waals surface area contributed by atoms with Crippen LogP contribution in [0.15, 0.2) is 11.6 Å². The molecule has 0 heterocycles. The van der Waals surface area contributed by atoms with E-state index in [4.69, 9.17) is 9.47 Å². The average Bonchev–Trinajstić information content (AvgIpc) is 2.30. The van der Waals surface area contributed by atoms with Crippen LogP contribution >= 0.6 is 0 Å². The van der Waals surface area contributed by atoms with E-state index in [1.165, 1.54) is 0 Å². The Kier molecular flexibility index (Phi) is 5.52. The highest BCUT2D eigenvalue weighted by Crippen LogP contribution is 2.21. The van der Waals surface area contributed by atoms with E-state index in [1.807, 2.05) is 0 Å².